The summed E-state index contributed by atoms with van der Waals surface area (Å²) >= 11 is 0. The van der Waals surface area contributed by atoms with Gasteiger partial charge in [0.05, 0.1) is 0 Å². The number of carbonyl (C=O) groups is 1. The van der Waals surface area contributed by atoms with Gasteiger partial charge in [-0.2, -0.15) is 0 Å². The molecule has 0 fully saturated rings. The first-order valence-electron chi connectivity index (χ1n) is 9.38. The SMILES string of the molecule is CCCN(C)c1ccc(C(=O)Nc2ccc(OCc3nccn3C)cc2)cc1. The molecular formula is C22H26N4O2. The summed E-state index contributed by atoms with van der Waals surface area (Å²) < 4.78 is 7.65. The van der Waals surface area contributed by atoms with Crippen LogP contribution >= 0.6 is 0 Å². The van der Waals surface area contributed by atoms with Gasteiger partial charge in [0.1, 0.15) is 18.2 Å². The number of carbonyl (C=O) groups excluding carboxylic acids is 1. The Morgan fingerprint density at radius 3 is 2.46 bits per heavy atom. The zero-order chi connectivity index (χ0) is 19.9. The molecule has 28 heavy (non-hydrogen) atoms. The highest BCUT2D eigenvalue weighted by Crippen LogP contribution is 2.19. The Hall–Kier alpha value is -3.28. The highest BCUT2D eigenvalue weighted by atomic mass is 16.5. The number of nitrogens with one attached hydrogen (secondary N) is 1. The molecule has 2 aromatic carbocycles. The molecule has 0 aliphatic carbocycles. The van der Waals surface area contributed by atoms with Gasteiger partial charge in [-0.15, -0.1) is 0 Å². The van der Waals surface area contributed by atoms with Gasteiger partial charge in [0.15, 0.2) is 0 Å². The average molecular weight is 378 g/mol. The zero-order valence-electron chi connectivity index (χ0n) is 16.6. The molecule has 0 saturated heterocycles. The molecule has 0 aliphatic heterocycles. The van der Waals surface area contributed by atoms with Crippen LogP contribution in [0, 0.1) is 0 Å². The van der Waals surface area contributed by atoms with Gasteiger partial charge in [-0.1, -0.05) is 6.92 Å². The quantitative estimate of drug-likeness (QED) is 0.641. The summed E-state index contributed by atoms with van der Waals surface area (Å²) in [6.45, 7) is 3.53. The smallest absolute Gasteiger partial charge is 0.255 e. The number of hydrogen-bond donors (Lipinski definition) is 1. The molecule has 3 aromatic rings. The maximum Gasteiger partial charge on any atom is 0.255 e. The highest BCUT2D eigenvalue weighted by Gasteiger charge is 2.08. The summed E-state index contributed by atoms with van der Waals surface area (Å²) in [7, 11) is 3.98. The average Bonchev–Trinajstić information content (AvgIpc) is 3.12. The van der Waals surface area contributed by atoms with Crippen molar-refractivity contribution in [3.05, 3.63) is 72.3 Å². The van der Waals surface area contributed by atoms with Crippen LogP contribution in [0.3, 0.4) is 0 Å². The van der Waals surface area contributed by atoms with E-state index in [4.69, 9.17) is 4.74 Å². The van der Waals surface area contributed by atoms with Crippen molar-refractivity contribution >= 4 is 17.3 Å². The van der Waals surface area contributed by atoms with Crippen LogP contribution in [-0.4, -0.2) is 29.1 Å². The highest BCUT2D eigenvalue weighted by molar-refractivity contribution is 6.04. The summed E-state index contributed by atoms with van der Waals surface area (Å²) in [5.41, 5.74) is 2.46. The predicted octanol–water partition coefficient (Wildman–Crippen LogP) is 4.10. The molecule has 0 atom stereocenters. The molecule has 1 aromatic heterocycles. The summed E-state index contributed by atoms with van der Waals surface area (Å²) in [4.78, 5) is 18.9. The van der Waals surface area contributed by atoms with E-state index in [2.05, 4.69) is 29.2 Å². The number of anilines is 2. The molecule has 1 N–H and O–H groups in total. The Morgan fingerprint density at radius 2 is 1.86 bits per heavy atom. The Kier molecular flexibility index (Phi) is 6.32. The van der Waals surface area contributed by atoms with E-state index in [9.17, 15) is 4.79 Å². The van der Waals surface area contributed by atoms with Crippen molar-refractivity contribution < 1.29 is 9.53 Å². The van der Waals surface area contributed by atoms with Gasteiger partial charge in [0, 0.05) is 50.0 Å². The second-order valence-electron chi connectivity index (χ2n) is 6.69. The topological polar surface area (TPSA) is 59.4 Å². The molecule has 0 spiro atoms. The molecule has 1 amide bonds. The van der Waals surface area contributed by atoms with Crippen molar-refractivity contribution in [1.82, 2.24) is 9.55 Å². The van der Waals surface area contributed by atoms with Gasteiger partial charge in [0.2, 0.25) is 0 Å². The molecule has 0 unspecified atom stereocenters. The fraction of sp³-hybridized carbons (Fsp3) is 0.273. The van der Waals surface area contributed by atoms with Gasteiger partial charge in [-0.3, -0.25) is 4.79 Å². The molecule has 0 bridgehead atoms. The fourth-order valence-corrected chi connectivity index (χ4v) is 2.85. The lowest BCUT2D eigenvalue weighted by atomic mass is 10.1. The number of hydrogen-bond acceptors (Lipinski definition) is 4. The standard InChI is InChI=1S/C22H26N4O2/c1-4-14-25(2)19-9-5-17(6-10-19)22(27)24-18-7-11-20(12-8-18)28-16-21-23-13-15-26(21)3/h5-13,15H,4,14,16H2,1-3H3,(H,24,27). The van der Waals surface area contributed by atoms with Crippen molar-refractivity contribution in [3.63, 3.8) is 0 Å². The number of imidazole rings is 1. The van der Waals surface area contributed by atoms with Crippen molar-refractivity contribution in [1.29, 1.82) is 0 Å². The third-order valence-electron chi connectivity index (χ3n) is 4.53. The maximum absolute atomic E-state index is 12.5. The molecule has 0 aliphatic rings. The molecule has 6 nitrogen and oxygen atoms in total. The van der Waals surface area contributed by atoms with E-state index in [1.807, 2.05) is 66.3 Å². The molecule has 0 radical (unpaired) electrons. The molecular weight excluding hydrogens is 352 g/mol. The Labute approximate surface area is 165 Å². The van der Waals surface area contributed by atoms with Crippen LogP contribution in [0.25, 0.3) is 0 Å². The van der Waals surface area contributed by atoms with Gasteiger partial charge in [-0.05, 0) is 55.0 Å². The Balaban J connectivity index is 1.56. The number of benzene rings is 2. The van der Waals surface area contributed by atoms with Gasteiger partial charge in [-0.25, -0.2) is 4.98 Å². The summed E-state index contributed by atoms with van der Waals surface area (Å²) in [5, 5.41) is 2.91. The third-order valence-corrected chi connectivity index (χ3v) is 4.53. The van der Waals surface area contributed by atoms with E-state index >= 15 is 0 Å². The van der Waals surface area contributed by atoms with Crippen molar-refractivity contribution in [2.75, 3.05) is 23.8 Å². The molecule has 3 rings (SSSR count). The number of rotatable bonds is 8. The van der Waals surface area contributed by atoms with E-state index in [-0.39, 0.29) is 5.91 Å². The minimum absolute atomic E-state index is 0.133. The zero-order valence-corrected chi connectivity index (χ0v) is 16.6. The Bertz CT molecular complexity index is 901. The number of amides is 1. The summed E-state index contributed by atoms with van der Waals surface area (Å²) in [6, 6.07) is 15.0. The molecule has 1 heterocycles. The van der Waals surface area contributed by atoms with E-state index in [0.717, 1.165) is 35.9 Å². The van der Waals surface area contributed by atoms with Crippen LogP contribution in [-0.2, 0) is 13.7 Å². The van der Waals surface area contributed by atoms with Gasteiger partial charge >= 0.3 is 0 Å². The van der Waals surface area contributed by atoms with Crippen LogP contribution in [0.1, 0.15) is 29.5 Å². The fourth-order valence-electron chi connectivity index (χ4n) is 2.85. The van der Waals surface area contributed by atoms with Gasteiger partial charge in [0.25, 0.3) is 5.91 Å². The lowest BCUT2D eigenvalue weighted by Crippen LogP contribution is -2.18. The second kappa shape index (κ2) is 9.08. The van der Waals surface area contributed by atoms with Crippen molar-refractivity contribution in [2.45, 2.75) is 20.0 Å². The van der Waals surface area contributed by atoms with Crippen molar-refractivity contribution in [2.24, 2.45) is 7.05 Å². The first-order valence-corrected chi connectivity index (χ1v) is 9.38. The number of aryl methyl sites for hydroxylation is 1. The van der Waals surface area contributed by atoms with Crippen LogP contribution in [0.4, 0.5) is 11.4 Å². The molecule has 0 saturated carbocycles. The first-order chi connectivity index (χ1) is 13.6. The minimum atomic E-state index is -0.133. The number of ether oxygens (including phenoxy) is 1. The van der Waals surface area contributed by atoms with E-state index < -0.39 is 0 Å². The third kappa shape index (κ3) is 4.91. The summed E-state index contributed by atoms with van der Waals surface area (Å²) in [6.07, 6.45) is 4.71. The first kappa shape index (κ1) is 19.5. The van der Waals surface area contributed by atoms with Crippen LogP contribution in [0.5, 0.6) is 5.75 Å². The van der Waals surface area contributed by atoms with Crippen LogP contribution in [0.2, 0.25) is 0 Å². The van der Waals surface area contributed by atoms with E-state index in [1.54, 1.807) is 6.20 Å². The minimum Gasteiger partial charge on any atom is -0.486 e. The van der Waals surface area contributed by atoms with Crippen LogP contribution in [0.15, 0.2) is 60.9 Å². The number of nitrogens with zero attached hydrogens (tertiary/aromatic N) is 3. The van der Waals surface area contributed by atoms with E-state index in [1.165, 1.54) is 0 Å². The lowest BCUT2D eigenvalue weighted by molar-refractivity contribution is 0.102. The van der Waals surface area contributed by atoms with Gasteiger partial charge < -0.3 is 19.5 Å². The Morgan fingerprint density at radius 1 is 1.14 bits per heavy atom. The second-order valence-corrected chi connectivity index (χ2v) is 6.69. The van der Waals surface area contributed by atoms with Crippen molar-refractivity contribution in [3.8, 4) is 5.75 Å². The largest absolute Gasteiger partial charge is 0.486 e. The normalized spacial score (nSPS) is 10.5. The maximum atomic E-state index is 12.5. The molecule has 146 valence electrons. The predicted molar refractivity (Wildman–Crippen MR) is 112 cm³/mol. The monoisotopic (exact) mass is 378 g/mol. The van der Waals surface area contributed by atoms with E-state index in [0.29, 0.717) is 12.2 Å². The number of aromatic nitrogens is 2. The summed E-state index contributed by atoms with van der Waals surface area (Å²) in [5.74, 6) is 1.45. The van der Waals surface area contributed by atoms with Crippen LogP contribution < -0.4 is 15.0 Å². The lowest BCUT2D eigenvalue weighted by Gasteiger charge is -2.18. The molecule has 6 heteroatoms.